The second kappa shape index (κ2) is 14.7. The number of anilines is 1. The van der Waals surface area contributed by atoms with Gasteiger partial charge in [0.25, 0.3) is 5.91 Å². The fourth-order valence-electron chi connectivity index (χ4n) is 8.12. The number of hydrogen-bond donors (Lipinski definition) is 1. The Morgan fingerprint density at radius 3 is 2.37 bits per heavy atom. The van der Waals surface area contributed by atoms with Gasteiger partial charge in [0, 0.05) is 25.7 Å². The molecular formula is C39H49N3O7. The molecule has 1 spiro atoms. The van der Waals surface area contributed by atoms with E-state index in [1.54, 1.807) is 35.9 Å². The van der Waals surface area contributed by atoms with Gasteiger partial charge in [-0.1, -0.05) is 60.7 Å². The molecule has 2 bridgehead atoms. The average Bonchev–Trinajstić information content (AvgIpc) is 3.75. The van der Waals surface area contributed by atoms with Gasteiger partial charge in [-0.15, -0.1) is 13.2 Å². The van der Waals surface area contributed by atoms with Crippen molar-refractivity contribution in [1.29, 1.82) is 0 Å². The highest BCUT2D eigenvalue weighted by Crippen LogP contribution is 2.59. The Bertz CT molecular complexity index is 1570. The molecule has 49 heavy (non-hydrogen) atoms. The first-order chi connectivity index (χ1) is 23.4. The number of rotatable bonds is 14. The van der Waals surface area contributed by atoms with E-state index in [4.69, 9.17) is 9.47 Å². The van der Waals surface area contributed by atoms with Gasteiger partial charge in [0.15, 0.2) is 0 Å². The maximum Gasteiger partial charge on any atom is 0.313 e. The van der Waals surface area contributed by atoms with Crippen molar-refractivity contribution < 1.29 is 33.8 Å². The van der Waals surface area contributed by atoms with Gasteiger partial charge in [0.05, 0.1) is 36.6 Å². The van der Waals surface area contributed by atoms with Crippen LogP contribution in [-0.2, 0) is 28.7 Å². The number of esters is 1. The van der Waals surface area contributed by atoms with E-state index in [2.05, 4.69) is 13.2 Å². The van der Waals surface area contributed by atoms with Gasteiger partial charge in [-0.2, -0.15) is 0 Å². The van der Waals surface area contributed by atoms with Crippen LogP contribution in [0.3, 0.4) is 0 Å². The first-order valence-electron chi connectivity index (χ1n) is 17.1. The summed E-state index contributed by atoms with van der Waals surface area (Å²) in [6.45, 7) is 14.8. The third kappa shape index (κ3) is 6.32. The predicted molar refractivity (Wildman–Crippen MR) is 186 cm³/mol. The van der Waals surface area contributed by atoms with Gasteiger partial charge in [0.1, 0.15) is 17.7 Å². The highest BCUT2D eigenvalue weighted by Gasteiger charge is 2.75. The molecule has 8 atom stereocenters. The minimum absolute atomic E-state index is 0.111. The van der Waals surface area contributed by atoms with Crippen LogP contribution in [0.25, 0.3) is 0 Å². The molecule has 262 valence electrons. The molecular weight excluding hydrogens is 622 g/mol. The molecule has 0 aromatic heterocycles. The van der Waals surface area contributed by atoms with E-state index < -0.39 is 59.6 Å². The number of likely N-dealkylation sites (N-methyl/N-ethyl adjacent to an activating group) is 1. The van der Waals surface area contributed by atoms with Crippen molar-refractivity contribution in [3.05, 3.63) is 90.5 Å². The molecule has 2 aromatic rings. The summed E-state index contributed by atoms with van der Waals surface area (Å²) in [6.07, 6.45) is 3.54. The van der Waals surface area contributed by atoms with E-state index in [1.807, 2.05) is 69.3 Å². The maximum atomic E-state index is 14.8. The molecule has 10 nitrogen and oxygen atoms in total. The number of aryl methyl sites for hydroxylation is 2. The van der Waals surface area contributed by atoms with Crippen molar-refractivity contribution in [3.63, 3.8) is 0 Å². The second-order valence-corrected chi connectivity index (χ2v) is 13.7. The van der Waals surface area contributed by atoms with E-state index in [0.29, 0.717) is 24.8 Å². The van der Waals surface area contributed by atoms with Crippen LogP contribution in [0.1, 0.15) is 62.3 Å². The molecule has 3 saturated heterocycles. The number of carbonyl (C=O) groups is 4. The summed E-state index contributed by atoms with van der Waals surface area (Å²) in [5.74, 6) is -3.44. The van der Waals surface area contributed by atoms with Crippen LogP contribution in [0.2, 0.25) is 0 Å². The van der Waals surface area contributed by atoms with Gasteiger partial charge in [-0.3, -0.25) is 19.2 Å². The van der Waals surface area contributed by atoms with Crippen LogP contribution in [0, 0.1) is 25.7 Å². The lowest BCUT2D eigenvalue weighted by atomic mass is 9.70. The van der Waals surface area contributed by atoms with Crippen molar-refractivity contribution in [3.8, 4) is 0 Å². The highest BCUT2D eigenvalue weighted by molar-refractivity contribution is 6.05. The van der Waals surface area contributed by atoms with E-state index >= 15 is 0 Å². The number of benzene rings is 2. The Labute approximate surface area is 289 Å². The quantitative estimate of drug-likeness (QED) is 0.229. The van der Waals surface area contributed by atoms with Crippen molar-refractivity contribution in [1.82, 2.24) is 9.80 Å². The lowest BCUT2D eigenvalue weighted by Gasteiger charge is -2.39. The Balaban J connectivity index is 1.51. The zero-order chi connectivity index (χ0) is 35.6. The van der Waals surface area contributed by atoms with Crippen LogP contribution in [0.15, 0.2) is 73.8 Å². The van der Waals surface area contributed by atoms with Crippen LogP contribution in [0.4, 0.5) is 5.69 Å². The molecule has 0 aliphatic carbocycles. The number of carbonyl (C=O) groups excluding carboxylic acids is 4. The number of fused-ring (bicyclic) bond motifs is 1. The fraction of sp³-hybridized carbons (Fsp3) is 0.487. The first kappa shape index (κ1) is 36.0. The van der Waals surface area contributed by atoms with Gasteiger partial charge in [0.2, 0.25) is 11.8 Å². The number of nitrogens with zero attached hydrogens (tertiary/aromatic N) is 3. The van der Waals surface area contributed by atoms with E-state index in [1.165, 1.54) is 4.90 Å². The van der Waals surface area contributed by atoms with Gasteiger partial charge in [-0.05, 0) is 63.6 Å². The zero-order valence-electron chi connectivity index (χ0n) is 29.2. The smallest absolute Gasteiger partial charge is 0.313 e. The van der Waals surface area contributed by atoms with Crippen LogP contribution in [-0.4, -0.2) is 88.6 Å². The van der Waals surface area contributed by atoms with E-state index in [0.717, 1.165) is 16.8 Å². The third-order valence-corrected chi connectivity index (χ3v) is 10.6. The standard InChI is InChI=1S/C39H49N3O7/c1-8-10-19-30(44)40(7)27(6)34(28-17-12-11-13-18-28)48-38(47)31-29-20-21-39(49-29)32(31)36(45)42(26(5)23-43)35(39)37(46)41(22-9-2)33-24(3)15-14-16-25(33)4/h8-9,11-18,26-27,29,31-32,34-35,43H,1-2,10,19-23H2,3-7H3/t26-,27+,29+,31-,32-,34-,35+,39-/m1/s1. The summed E-state index contributed by atoms with van der Waals surface area (Å²) in [6, 6.07) is 12.7. The Hall–Kier alpha value is -4.28. The summed E-state index contributed by atoms with van der Waals surface area (Å²) in [4.78, 5) is 61.4. The molecule has 0 radical (unpaired) electrons. The highest BCUT2D eigenvalue weighted by atomic mass is 16.6. The van der Waals surface area contributed by atoms with Crippen LogP contribution in [0.5, 0.6) is 0 Å². The second-order valence-electron chi connectivity index (χ2n) is 13.7. The molecule has 3 fully saturated rings. The van der Waals surface area contributed by atoms with Crippen molar-refractivity contribution in [2.45, 2.75) is 89.3 Å². The summed E-state index contributed by atoms with van der Waals surface area (Å²) >= 11 is 0. The van der Waals surface area contributed by atoms with Crippen molar-refractivity contribution in [2.75, 3.05) is 25.1 Å². The zero-order valence-corrected chi connectivity index (χ0v) is 29.2. The predicted octanol–water partition coefficient (Wildman–Crippen LogP) is 4.68. The topological polar surface area (TPSA) is 117 Å². The lowest BCUT2D eigenvalue weighted by Crippen LogP contribution is -2.58. The number of hydrogen-bond acceptors (Lipinski definition) is 7. The lowest BCUT2D eigenvalue weighted by molar-refractivity contribution is -0.165. The van der Waals surface area contributed by atoms with Gasteiger partial charge >= 0.3 is 5.97 Å². The number of ether oxygens (including phenoxy) is 2. The first-order valence-corrected chi connectivity index (χ1v) is 17.1. The molecule has 1 N–H and O–H groups in total. The largest absolute Gasteiger partial charge is 0.455 e. The average molecular weight is 672 g/mol. The SMILES string of the molecule is C=CCCC(=O)N(C)[C@@H](C)[C@@H](OC(=O)[C@@H]1[C@@H]2CC[C@]3(O2)[C@H](C(=O)N(CC=C)c2c(C)cccc2C)N([C@H](C)CO)C(=O)[C@@H]13)c1ccccc1. The number of aliphatic hydroxyl groups excluding tert-OH is 1. The summed E-state index contributed by atoms with van der Waals surface area (Å²) in [5.41, 5.74) is 1.93. The van der Waals surface area contributed by atoms with E-state index in [-0.39, 0.29) is 31.4 Å². The number of para-hydroxylation sites is 1. The fourth-order valence-corrected chi connectivity index (χ4v) is 8.12. The van der Waals surface area contributed by atoms with Crippen LogP contribution >= 0.6 is 0 Å². The molecule has 5 rings (SSSR count). The molecule has 10 heteroatoms. The van der Waals surface area contributed by atoms with Gasteiger partial charge in [-0.25, -0.2) is 0 Å². The minimum atomic E-state index is -1.28. The molecule has 2 aromatic carbocycles. The van der Waals surface area contributed by atoms with Crippen LogP contribution < -0.4 is 4.90 Å². The normalized spacial score (nSPS) is 25.7. The minimum Gasteiger partial charge on any atom is -0.455 e. The molecule has 3 aliphatic heterocycles. The number of likely N-dealkylation sites (tertiary alicyclic amines) is 1. The van der Waals surface area contributed by atoms with E-state index in [9.17, 15) is 24.3 Å². The molecule has 3 aliphatic rings. The van der Waals surface area contributed by atoms with Gasteiger partial charge < -0.3 is 29.3 Å². The molecule has 0 unspecified atom stereocenters. The Morgan fingerprint density at radius 2 is 1.76 bits per heavy atom. The molecule has 3 amide bonds. The Kier molecular flexibility index (Phi) is 10.8. The monoisotopic (exact) mass is 671 g/mol. The van der Waals surface area contributed by atoms with Crippen molar-refractivity contribution in [2.24, 2.45) is 11.8 Å². The maximum absolute atomic E-state index is 14.8. The number of allylic oxidation sites excluding steroid dienone is 1. The third-order valence-electron chi connectivity index (χ3n) is 10.6. The number of aliphatic hydroxyl groups is 1. The molecule has 0 saturated carbocycles. The Morgan fingerprint density at radius 1 is 1.08 bits per heavy atom. The summed E-state index contributed by atoms with van der Waals surface area (Å²) < 4.78 is 13.0. The van der Waals surface area contributed by atoms with Crippen molar-refractivity contribution >= 4 is 29.4 Å². The summed E-state index contributed by atoms with van der Waals surface area (Å²) in [5, 5.41) is 10.3. The summed E-state index contributed by atoms with van der Waals surface area (Å²) in [7, 11) is 1.69. The molecule has 3 heterocycles. The number of amides is 3.